The highest BCUT2D eigenvalue weighted by Gasteiger charge is 1.76. The topological polar surface area (TPSA) is 35.9 Å². The smallest absolute Gasteiger partial charge is 0.103 e. The van der Waals surface area contributed by atoms with Gasteiger partial charge in [-0.15, -0.1) is 0 Å². The van der Waals surface area contributed by atoms with Crippen LogP contribution in [0.25, 0.3) is 0 Å². The summed E-state index contributed by atoms with van der Waals surface area (Å²) in [4.78, 5) is 0. The molecule has 2 N–H and O–H groups in total. The molecule has 0 saturated carbocycles. The average molecular weight is 119 g/mol. The summed E-state index contributed by atoms with van der Waals surface area (Å²) in [5.74, 6) is 0. The number of rotatable bonds is 2. The highest BCUT2D eigenvalue weighted by Crippen LogP contribution is 1.89. The van der Waals surface area contributed by atoms with E-state index in [9.17, 15) is 0 Å². The predicted molar refractivity (Wildman–Crippen MR) is 31.8 cm³/mol. The third-order valence-corrected chi connectivity index (χ3v) is 0.783. The van der Waals surface area contributed by atoms with Crippen LogP contribution >= 0.6 is 11.6 Å². The van der Waals surface area contributed by atoms with E-state index in [-0.39, 0.29) is 0 Å². The Hall–Kier alpha value is -0.500. The number of allylic oxidation sites excluding steroid dienone is 1. The second-order valence-electron chi connectivity index (χ2n) is 0.931. The van der Waals surface area contributed by atoms with E-state index < -0.39 is 0 Å². The molecule has 0 aliphatic heterocycles. The highest BCUT2D eigenvalue weighted by atomic mass is 35.5. The van der Waals surface area contributed by atoms with E-state index in [0.29, 0.717) is 5.16 Å². The molecule has 3 heteroatoms. The van der Waals surface area contributed by atoms with E-state index in [4.69, 9.17) is 17.0 Å². The normalized spacial score (nSPS) is 10.9. The van der Waals surface area contributed by atoms with Crippen LogP contribution in [-0.4, -0.2) is 13.3 Å². The Labute approximate surface area is 47.7 Å². The highest BCUT2D eigenvalue weighted by molar-refractivity contribution is 6.30. The molecule has 0 aromatic carbocycles. The Morgan fingerprint density at radius 3 is 2.57 bits per heavy atom. The van der Waals surface area contributed by atoms with Gasteiger partial charge in [0.05, 0.1) is 0 Å². The van der Waals surface area contributed by atoms with E-state index in [1.807, 2.05) is 0 Å². The predicted octanol–water partition coefficient (Wildman–Crippen LogP) is 0.936. The summed E-state index contributed by atoms with van der Waals surface area (Å²) in [7, 11) is 1.70. The fourth-order valence-corrected chi connectivity index (χ4v) is 0.219. The van der Waals surface area contributed by atoms with Crippen molar-refractivity contribution in [1.29, 1.82) is 5.41 Å². The maximum Gasteiger partial charge on any atom is 0.103 e. The van der Waals surface area contributed by atoms with Crippen molar-refractivity contribution in [1.82, 2.24) is 5.32 Å². The van der Waals surface area contributed by atoms with Gasteiger partial charge in [0, 0.05) is 13.3 Å². The van der Waals surface area contributed by atoms with Gasteiger partial charge < -0.3 is 10.7 Å². The molecule has 2 nitrogen and oxygen atoms in total. The van der Waals surface area contributed by atoms with Crippen molar-refractivity contribution >= 4 is 17.8 Å². The first-order valence-corrected chi connectivity index (χ1v) is 2.23. The van der Waals surface area contributed by atoms with Crippen LogP contribution in [0.1, 0.15) is 0 Å². The van der Waals surface area contributed by atoms with E-state index >= 15 is 0 Å². The summed E-state index contributed by atoms with van der Waals surface area (Å²) >= 11 is 5.36. The lowest BCUT2D eigenvalue weighted by Crippen LogP contribution is -1.98. The molecule has 0 atom stereocenters. The number of nitrogens with one attached hydrogen (secondary N) is 2. The fraction of sp³-hybridized carbons (Fsp3) is 0.250. The molecule has 0 heterocycles. The van der Waals surface area contributed by atoms with Crippen LogP contribution in [0.15, 0.2) is 11.2 Å². The average Bonchev–Trinajstić information content (AvgIpc) is 1.68. The van der Waals surface area contributed by atoms with Gasteiger partial charge in [0.1, 0.15) is 5.16 Å². The molecular formula is C4H7ClN2. The molecular weight excluding hydrogens is 112 g/mol. The molecule has 7 heavy (non-hydrogen) atoms. The van der Waals surface area contributed by atoms with Gasteiger partial charge in [-0.05, 0) is 6.08 Å². The SMILES string of the molecule is CN/C(Cl)=C\C=N. The molecule has 0 rings (SSSR count). The Kier molecular flexibility index (Phi) is 3.42. The van der Waals surface area contributed by atoms with Gasteiger partial charge in [-0.1, -0.05) is 11.6 Å². The van der Waals surface area contributed by atoms with E-state index in [1.165, 1.54) is 6.08 Å². The Morgan fingerprint density at radius 2 is 2.43 bits per heavy atom. The van der Waals surface area contributed by atoms with Crippen molar-refractivity contribution < 1.29 is 0 Å². The minimum Gasteiger partial charge on any atom is -0.379 e. The second-order valence-corrected chi connectivity index (χ2v) is 1.34. The van der Waals surface area contributed by atoms with Crippen LogP contribution in [0.3, 0.4) is 0 Å². The minimum absolute atomic E-state index is 0.481. The molecule has 0 fully saturated rings. The zero-order valence-electron chi connectivity index (χ0n) is 4.03. The Balaban J connectivity index is 3.49. The first kappa shape index (κ1) is 6.50. The van der Waals surface area contributed by atoms with Crippen molar-refractivity contribution in [2.24, 2.45) is 0 Å². The Morgan fingerprint density at radius 1 is 1.86 bits per heavy atom. The van der Waals surface area contributed by atoms with Gasteiger partial charge in [0.25, 0.3) is 0 Å². The fourth-order valence-electron chi connectivity index (χ4n) is 0.156. The lowest BCUT2D eigenvalue weighted by atomic mass is 10.7. The number of hydrogen-bond donors (Lipinski definition) is 2. The molecule has 0 saturated heterocycles. The van der Waals surface area contributed by atoms with Crippen LogP contribution in [0, 0.1) is 5.41 Å². The van der Waals surface area contributed by atoms with Crippen LogP contribution in [0.2, 0.25) is 0 Å². The lowest BCUT2D eigenvalue weighted by Gasteiger charge is -1.88. The quantitative estimate of drug-likeness (QED) is 0.411. The van der Waals surface area contributed by atoms with Gasteiger partial charge in [-0.3, -0.25) is 0 Å². The second kappa shape index (κ2) is 3.68. The summed E-state index contributed by atoms with van der Waals surface area (Å²) in [5.41, 5.74) is 0. The monoisotopic (exact) mass is 118 g/mol. The molecule has 0 amide bonds. The van der Waals surface area contributed by atoms with Gasteiger partial charge in [-0.25, -0.2) is 0 Å². The molecule has 0 aromatic heterocycles. The van der Waals surface area contributed by atoms with Crippen LogP contribution in [0.5, 0.6) is 0 Å². The number of halogens is 1. The van der Waals surface area contributed by atoms with Gasteiger partial charge in [-0.2, -0.15) is 0 Å². The molecule has 40 valence electrons. The van der Waals surface area contributed by atoms with Crippen molar-refractivity contribution in [2.75, 3.05) is 7.05 Å². The van der Waals surface area contributed by atoms with E-state index in [1.54, 1.807) is 7.05 Å². The Bertz CT molecular complexity index is 87.7. The van der Waals surface area contributed by atoms with Crippen molar-refractivity contribution in [3.05, 3.63) is 11.2 Å². The van der Waals surface area contributed by atoms with Gasteiger partial charge in [0.2, 0.25) is 0 Å². The van der Waals surface area contributed by atoms with Crippen molar-refractivity contribution in [2.45, 2.75) is 0 Å². The summed E-state index contributed by atoms with van der Waals surface area (Å²) < 4.78 is 0. The largest absolute Gasteiger partial charge is 0.379 e. The zero-order valence-corrected chi connectivity index (χ0v) is 4.79. The van der Waals surface area contributed by atoms with Crippen molar-refractivity contribution in [3.8, 4) is 0 Å². The molecule has 0 aliphatic rings. The maximum absolute atomic E-state index is 6.51. The first-order chi connectivity index (χ1) is 3.31. The molecule has 0 bridgehead atoms. The van der Waals surface area contributed by atoms with E-state index in [0.717, 1.165) is 6.21 Å². The van der Waals surface area contributed by atoms with Crippen LogP contribution in [0.4, 0.5) is 0 Å². The lowest BCUT2D eigenvalue weighted by molar-refractivity contribution is 1.08. The van der Waals surface area contributed by atoms with Crippen molar-refractivity contribution in [3.63, 3.8) is 0 Å². The number of hydrogen-bond acceptors (Lipinski definition) is 2. The molecule has 0 unspecified atom stereocenters. The standard InChI is InChI=1S/C4H7ClN2/c1-7-4(5)2-3-6/h2-3,6-7H,1H3/b4-2-,6-3?. The van der Waals surface area contributed by atoms with Gasteiger partial charge >= 0.3 is 0 Å². The summed E-state index contributed by atoms with van der Waals surface area (Å²) in [6.07, 6.45) is 2.58. The van der Waals surface area contributed by atoms with E-state index in [2.05, 4.69) is 5.32 Å². The van der Waals surface area contributed by atoms with Crippen LogP contribution < -0.4 is 5.32 Å². The third kappa shape index (κ3) is 3.33. The molecule has 0 radical (unpaired) electrons. The zero-order chi connectivity index (χ0) is 5.70. The molecule has 0 aliphatic carbocycles. The minimum atomic E-state index is 0.481. The third-order valence-electron chi connectivity index (χ3n) is 0.468. The maximum atomic E-state index is 6.51. The summed E-state index contributed by atoms with van der Waals surface area (Å²) in [6, 6.07) is 0. The summed E-state index contributed by atoms with van der Waals surface area (Å²) in [6.45, 7) is 0. The van der Waals surface area contributed by atoms with Crippen LogP contribution in [-0.2, 0) is 0 Å². The first-order valence-electron chi connectivity index (χ1n) is 1.85. The van der Waals surface area contributed by atoms with Gasteiger partial charge in [0.15, 0.2) is 0 Å². The summed E-state index contributed by atoms with van der Waals surface area (Å²) in [5, 5.41) is 9.63. The molecule has 0 spiro atoms. The molecule has 0 aromatic rings.